The first-order chi connectivity index (χ1) is 20.1. The minimum absolute atomic E-state index is 0.0101. The number of aliphatic hydroxyl groups is 1. The fourth-order valence-corrected chi connectivity index (χ4v) is 6.69. The van der Waals surface area contributed by atoms with Crippen molar-refractivity contribution >= 4 is 19.9 Å². The van der Waals surface area contributed by atoms with Gasteiger partial charge in [-0.3, -0.25) is 9.59 Å². The highest BCUT2D eigenvalue weighted by Gasteiger charge is 2.42. The maximum atomic E-state index is 15.0. The summed E-state index contributed by atoms with van der Waals surface area (Å²) in [6.07, 6.45) is 5.00. The molecule has 1 atom stereocenters. The number of hydrogen-bond acceptors (Lipinski definition) is 7. The summed E-state index contributed by atoms with van der Waals surface area (Å²) in [7, 11) is 0.143. The minimum Gasteiger partial charge on any atom is -0.481 e. The molecule has 2 N–H and O–H groups in total. The molecule has 0 aromatic carbocycles. The Balaban J connectivity index is 1.50. The van der Waals surface area contributed by atoms with Gasteiger partial charge in [0, 0.05) is 50.4 Å². The number of nitrogens with zero attached hydrogens (tertiary/aromatic N) is 4. The molecule has 238 valence electrons. The highest BCUT2D eigenvalue weighted by atomic mass is 28.3. The molecule has 1 aliphatic heterocycles. The van der Waals surface area contributed by atoms with Crippen LogP contribution in [0.3, 0.4) is 0 Å². The van der Waals surface area contributed by atoms with Gasteiger partial charge >= 0.3 is 0 Å². The zero-order chi connectivity index (χ0) is 31.6. The zero-order valence-corrected chi connectivity index (χ0v) is 27.7. The second-order valence-corrected chi connectivity index (χ2v) is 19.8. The van der Waals surface area contributed by atoms with Crippen molar-refractivity contribution in [3.8, 4) is 17.1 Å². The van der Waals surface area contributed by atoms with E-state index in [0.29, 0.717) is 44.5 Å². The van der Waals surface area contributed by atoms with Gasteiger partial charge in [0.15, 0.2) is 11.5 Å². The lowest BCUT2D eigenvalue weighted by atomic mass is 9.80. The van der Waals surface area contributed by atoms with Gasteiger partial charge in [-0.15, -0.1) is 0 Å². The van der Waals surface area contributed by atoms with Crippen LogP contribution in [0.1, 0.15) is 69.8 Å². The number of halogens is 1. The molecule has 12 heteroatoms. The van der Waals surface area contributed by atoms with Crippen molar-refractivity contribution in [1.82, 2.24) is 25.0 Å². The quantitative estimate of drug-likeness (QED) is 0.289. The predicted molar refractivity (Wildman–Crippen MR) is 165 cm³/mol. The normalized spacial score (nSPS) is 24.1. The average molecular weight is 618 g/mol. The van der Waals surface area contributed by atoms with Crippen molar-refractivity contribution in [3.63, 3.8) is 0 Å². The van der Waals surface area contributed by atoms with Crippen LogP contribution in [0.2, 0.25) is 25.7 Å². The van der Waals surface area contributed by atoms with Gasteiger partial charge in [0.25, 0.3) is 5.91 Å². The Morgan fingerprint density at radius 3 is 2.49 bits per heavy atom. The van der Waals surface area contributed by atoms with E-state index in [9.17, 15) is 19.1 Å². The average Bonchev–Trinajstić information content (AvgIpc) is 3.35. The fraction of sp³-hybridized carbons (Fsp3) is 0.677. The van der Waals surface area contributed by atoms with E-state index in [4.69, 9.17) is 9.47 Å². The number of hydrogen-bond donors (Lipinski definition) is 2. The molecule has 1 saturated heterocycles. The van der Waals surface area contributed by atoms with Crippen LogP contribution in [0.5, 0.6) is 5.88 Å². The van der Waals surface area contributed by atoms with Crippen LogP contribution in [-0.2, 0) is 16.3 Å². The van der Waals surface area contributed by atoms with Crippen LogP contribution in [0, 0.1) is 11.7 Å². The molecular formula is C31H48FN5O5Si. The Bertz CT molecular complexity index is 1300. The number of ether oxygens (including phenoxy) is 2. The maximum absolute atomic E-state index is 15.0. The maximum Gasteiger partial charge on any atom is 0.274 e. The third kappa shape index (κ3) is 8.42. The lowest BCUT2D eigenvalue weighted by Crippen LogP contribution is -2.55. The second-order valence-electron chi connectivity index (χ2n) is 14.2. The van der Waals surface area contributed by atoms with Gasteiger partial charge in [-0.25, -0.2) is 14.1 Å². The molecule has 4 rings (SSSR count). The summed E-state index contributed by atoms with van der Waals surface area (Å²) in [6.45, 7) is 13.6. The number of piperidine rings is 1. The first-order valence-corrected chi connectivity index (χ1v) is 19.0. The summed E-state index contributed by atoms with van der Waals surface area (Å²) in [5.41, 5.74) is -0.462. The molecular weight excluding hydrogens is 569 g/mol. The predicted octanol–water partition coefficient (Wildman–Crippen LogP) is 4.85. The van der Waals surface area contributed by atoms with Crippen molar-refractivity contribution in [2.75, 3.05) is 20.3 Å². The van der Waals surface area contributed by atoms with E-state index in [2.05, 4.69) is 35.0 Å². The van der Waals surface area contributed by atoms with Crippen LogP contribution in [0.15, 0.2) is 18.3 Å². The Morgan fingerprint density at radius 1 is 1.16 bits per heavy atom. The SMILES string of the molecule is COc1cc(-c2cc(C(=O)N3CCC(C(=O)NC4CCC(C)(O)CC4)CC3(C)C)nn2COCC[Si](C)(C)C)c(F)cn1. The molecule has 0 spiro atoms. The van der Waals surface area contributed by atoms with E-state index in [1.165, 1.54) is 17.9 Å². The first-order valence-electron chi connectivity index (χ1n) is 15.3. The molecule has 2 amide bonds. The van der Waals surface area contributed by atoms with Gasteiger partial charge in [-0.05, 0) is 71.4 Å². The third-order valence-electron chi connectivity index (χ3n) is 8.73. The van der Waals surface area contributed by atoms with Gasteiger partial charge in [-0.2, -0.15) is 5.10 Å². The Kier molecular flexibility index (Phi) is 10.0. The van der Waals surface area contributed by atoms with Crippen molar-refractivity contribution in [2.24, 2.45) is 5.92 Å². The molecule has 1 aliphatic carbocycles. The number of pyridine rings is 1. The van der Waals surface area contributed by atoms with Gasteiger partial charge in [-0.1, -0.05) is 19.6 Å². The molecule has 43 heavy (non-hydrogen) atoms. The summed E-state index contributed by atoms with van der Waals surface area (Å²) >= 11 is 0. The highest BCUT2D eigenvalue weighted by Crippen LogP contribution is 2.35. The molecule has 2 aromatic rings. The highest BCUT2D eigenvalue weighted by molar-refractivity contribution is 6.76. The number of carbonyl (C=O) groups excluding carboxylic acids is 2. The number of likely N-dealkylation sites (tertiary alicyclic amines) is 1. The zero-order valence-electron chi connectivity index (χ0n) is 26.7. The molecule has 2 fully saturated rings. The van der Waals surface area contributed by atoms with Crippen LogP contribution in [0.25, 0.3) is 11.3 Å². The van der Waals surface area contributed by atoms with Crippen LogP contribution < -0.4 is 10.1 Å². The van der Waals surface area contributed by atoms with E-state index < -0.39 is 25.0 Å². The monoisotopic (exact) mass is 617 g/mol. The molecule has 3 heterocycles. The summed E-state index contributed by atoms with van der Waals surface area (Å²) in [5, 5.41) is 18.0. The topological polar surface area (TPSA) is 119 Å². The number of rotatable bonds is 10. The van der Waals surface area contributed by atoms with Crippen LogP contribution >= 0.6 is 0 Å². The third-order valence-corrected chi connectivity index (χ3v) is 10.4. The molecule has 0 bridgehead atoms. The van der Waals surface area contributed by atoms with E-state index in [1.807, 2.05) is 20.8 Å². The largest absolute Gasteiger partial charge is 0.481 e. The van der Waals surface area contributed by atoms with Crippen molar-refractivity contribution in [2.45, 2.75) is 109 Å². The molecule has 10 nitrogen and oxygen atoms in total. The summed E-state index contributed by atoms with van der Waals surface area (Å²) < 4.78 is 27.7. The Labute approximate surface area is 255 Å². The molecule has 2 aromatic heterocycles. The van der Waals surface area contributed by atoms with Crippen molar-refractivity contribution in [3.05, 3.63) is 29.8 Å². The van der Waals surface area contributed by atoms with Gasteiger partial charge in [0.05, 0.1) is 24.6 Å². The second kappa shape index (κ2) is 13.0. The van der Waals surface area contributed by atoms with Gasteiger partial charge in [0.1, 0.15) is 6.73 Å². The Morgan fingerprint density at radius 2 is 1.86 bits per heavy atom. The number of amides is 2. The lowest BCUT2D eigenvalue weighted by molar-refractivity contribution is -0.129. The van der Waals surface area contributed by atoms with Crippen molar-refractivity contribution < 1.29 is 28.6 Å². The minimum atomic E-state index is -1.32. The van der Waals surface area contributed by atoms with E-state index in [1.54, 1.807) is 11.0 Å². The Hall–Kier alpha value is -2.83. The van der Waals surface area contributed by atoms with E-state index >= 15 is 0 Å². The smallest absolute Gasteiger partial charge is 0.274 e. The lowest BCUT2D eigenvalue weighted by Gasteiger charge is -2.45. The summed E-state index contributed by atoms with van der Waals surface area (Å²) in [4.78, 5) is 32.8. The first kappa shape index (κ1) is 33.1. The fourth-order valence-electron chi connectivity index (χ4n) is 5.94. The van der Waals surface area contributed by atoms with Gasteiger partial charge < -0.3 is 24.8 Å². The van der Waals surface area contributed by atoms with Crippen LogP contribution in [0.4, 0.5) is 4.39 Å². The standard InChI is InChI=1S/C31H48FN5O5Si/c1-30(2)18-21(28(38)34-22-8-11-31(3,40)12-9-22)10-13-36(30)29(39)25-17-26(23-16-27(41-4)33-19-24(23)32)37(35-25)20-42-14-15-43(5,6)7/h16-17,19,21-22,40H,8-15,18,20H2,1-7H3,(H,34,38). The molecule has 0 radical (unpaired) electrons. The molecule has 1 unspecified atom stereocenters. The summed E-state index contributed by atoms with van der Waals surface area (Å²) in [6, 6.07) is 4.11. The van der Waals surface area contributed by atoms with Crippen molar-refractivity contribution in [1.29, 1.82) is 0 Å². The number of nitrogens with one attached hydrogen (secondary N) is 1. The van der Waals surface area contributed by atoms with Crippen LogP contribution in [-0.4, -0.2) is 82.1 Å². The number of methoxy groups -OCH3 is 1. The number of carbonyl (C=O) groups is 2. The number of aromatic nitrogens is 3. The summed E-state index contributed by atoms with van der Waals surface area (Å²) in [5.74, 6) is -0.793. The van der Waals surface area contributed by atoms with Gasteiger partial charge in [0.2, 0.25) is 11.8 Å². The van der Waals surface area contributed by atoms with E-state index in [0.717, 1.165) is 25.1 Å². The molecule has 1 saturated carbocycles. The van der Waals surface area contributed by atoms with E-state index in [-0.39, 0.29) is 47.6 Å². The molecule has 2 aliphatic rings.